The number of carboxylic acid groups (broad SMARTS) is 1. The standard InChI is InChI=1S/C14H12Cl3NO3S/c15-7-5-8(16)11-9(6-7)22-13(12(11)17)14(21)18-4-2-1-3-10(19)20/h5-6H,1-4H2,(H,18,21)(H,19,20). The molecule has 0 radical (unpaired) electrons. The summed E-state index contributed by atoms with van der Waals surface area (Å²) >= 11 is 19.5. The Kier molecular flexibility index (Phi) is 5.92. The minimum atomic E-state index is -0.842. The lowest BCUT2D eigenvalue weighted by Gasteiger charge is -2.03. The monoisotopic (exact) mass is 379 g/mol. The molecule has 4 nitrogen and oxygen atoms in total. The minimum absolute atomic E-state index is 0.0909. The van der Waals surface area contributed by atoms with Gasteiger partial charge in [-0.05, 0) is 25.0 Å². The van der Waals surface area contributed by atoms with Gasteiger partial charge in [0.25, 0.3) is 5.91 Å². The molecule has 1 heterocycles. The van der Waals surface area contributed by atoms with Gasteiger partial charge in [0, 0.05) is 28.1 Å². The maximum atomic E-state index is 12.2. The van der Waals surface area contributed by atoms with E-state index < -0.39 is 5.97 Å². The van der Waals surface area contributed by atoms with Crippen molar-refractivity contribution < 1.29 is 14.7 Å². The molecule has 0 aliphatic rings. The van der Waals surface area contributed by atoms with E-state index in [2.05, 4.69) is 5.32 Å². The number of carboxylic acids is 1. The summed E-state index contributed by atoms with van der Waals surface area (Å²) in [5, 5.41) is 13.1. The molecule has 8 heteroatoms. The minimum Gasteiger partial charge on any atom is -0.481 e. The predicted octanol–water partition coefficient (Wildman–Crippen LogP) is 4.85. The highest BCUT2D eigenvalue weighted by Gasteiger charge is 2.19. The zero-order valence-electron chi connectivity index (χ0n) is 11.3. The van der Waals surface area contributed by atoms with Gasteiger partial charge in [0.1, 0.15) is 4.88 Å². The van der Waals surface area contributed by atoms with Crippen molar-refractivity contribution in [2.75, 3.05) is 6.54 Å². The molecule has 2 N–H and O–H groups in total. The number of carbonyl (C=O) groups is 2. The SMILES string of the molecule is O=C(O)CCCCNC(=O)c1sc2cc(Cl)cc(Cl)c2c1Cl. The average Bonchev–Trinajstić information content (AvgIpc) is 2.75. The van der Waals surface area contributed by atoms with Crippen molar-refractivity contribution in [1.82, 2.24) is 5.32 Å². The summed E-state index contributed by atoms with van der Waals surface area (Å²) in [6.07, 6.45) is 1.19. The predicted molar refractivity (Wildman–Crippen MR) is 90.7 cm³/mol. The number of amides is 1. The lowest BCUT2D eigenvalue weighted by molar-refractivity contribution is -0.137. The fourth-order valence-corrected chi connectivity index (χ4v) is 4.24. The first-order valence-corrected chi connectivity index (χ1v) is 8.42. The van der Waals surface area contributed by atoms with Gasteiger partial charge >= 0.3 is 5.97 Å². The Bertz CT molecular complexity index is 730. The first-order chi connectivity index (χ1) is 10.4. The third-order valence-electron chi connectivity index (χ3n) is 2.96. The second-order valence-corrected chi connectivity index (χ2v) is 6.89. The van der Waals surface area contributed by atoms with Crippen LogP contribution in [0.15, 0.2) is 12.1 Å². The van der Waals surface area contributed by atoms with Crippen LogP contribution < -0.4 is 5.32 Å². The third-order valence-corrected chi connectivity index (χ3v) is 5.10. The highest BCUT2D eigenvalue weighted by Crippen LogP contribution is 2.41. The number of aliphatic carboxylic acids is 1. The van der Waals surface area contributed by atoms with Crippen molar-refractivity contribution in [3.8, 4) is 0 Å². The van der Waals surface area contributed by atoms with Crippen LogP contribution in [0.3, 0.4) is 0 Å². The summed E-state index contributed by atoms with van der Waals surface area (Å²) < 4.78 is 0.749. The Morgan fingerprint density at radius 2 is 1.91 bits per heavy atom. The molecule has 118 valence electrons. The van der Waals surface area contributed by atoms with E-state index in [-0.39, 0.29) is 12.3 Å². The van der Waals surface area contributed by atoms with E-state index in [0.717, 1.165) is 4.70 Å². The second-order valence-electron chi connectivity index (χ2n) is 4.61. The molecule has 2 aromatic rings. The fourth-order valence-electron chi connectivity index (χ4n) is 1.94. The maximum absolute atomic E-state index is 12.2. The van der Waals surface area contributed by atoms with E-state index in [0.29, 0.717) is 44.7 Å². The van der Waals surface area contributed by atoms with Crippen molar-refractivity contribution in [2.24, 2.45) is 0 Å². The number of thiophene rings is 1. The topological polar surface area (TPSA) is 66.4 Å². The first-order valence-electron chi connectivity index (χ1n) is 6.47. The zero-order valence-corrected chi connectivity index (χ0v) is 14.4. The largest absolute Gasteiger partial charge is 0.481 e. The summed E-state index contributed by atoms with van der Waals surface area (Å²) in [6, 6.07) is 3.29. The van der Waals surface area contributed by atoms with Gasteiger partial charge in [0.05, 0.1) is 10.0 Å². The van der Waals surface area contributed by atoms with Gasteiger partial charge in [-0.1, -0.05) is 34.8 Å². The Hall–Kier alpha value is -1.01. The molecule has 0 aliphatic carbocycles. The van der Waals surface area contributed by atoms with Gasteiger partial charge < -0.3 is 10.4 Å². The van der Waals surface area contributed by atoms with Gasteiger partial charge in [-0.3, -0.25) is 9.59 Å². The van der Waals surface area contributed by atoms with Crippen LogP contribution in [0.25, 0.3) is 10.1 Å². The number of hydrogen-bond acceptors (Lipinski definition) is 3. The van der Waals surface area contributed by atoms with Crippen LogP contribution in [0.1, 0.15) is 28.9 Å². The molecule has 1 amide bonds. The summed E-state index contributed by atoms with van der Waals surface area (Å²) in [4.78, 5) is 22.9. The lowest BCUT2D eigenvalue weighted by Crippen LogP contribution is -2.23. The smallest absolute Gasteiger partial charge is 0.303 e. The number of rotatable bonds is 6. The van der Waals surface area contributed by atoms with Gasteiger partial charge in [-0.2, -0.15) is 0 Å². The molecule has 0 spiro atoms. The Morgan fingerprint density at radius 1 is 1.18 bits per heavy atom. The molecule has 0 saturated heterocycles. The number of fused-ring (bicyclic) bond motifs is 1. The molecular formula is C14H12Cl3NO3S. The van der Waals surface area contributed by atoms with Crippen LogP contribution in [0, 0.1) is 0 Å². The molecule has 2 rings (SSSR count). The summed E-state index contributed by atoms with van der Waals surface area (Å²) in [7, 11) is 0. The molecule has 0 unspecified atom stereocenters. The second kappa shape index (κ2) is 7.51. The molecule has 22 heavy (non-hydrogen) atoms. The van der Waals surface area contributed by atoms with Crippen molar-refractivity contribution in [3.05, 3.63) is 32.1 Å². The molecule has 0 aliphatic heterocycles. The van der Waals surface area contributed by atoms with Crippen LogP contribution in [-0.2, 0) is 4.79 Å². The molecule has 0 fully saturated rings. The average molecular weight is 381 g/mol. The molecule has 0 saturated carbocycles. The van der Waals surface area contributed by atoms with Crippen molar-refractivity contribution >= 4 is 68.1 Å². The number of carbonyl (C=O) groups excluding carboxylic acids is 1. The summed E-state index contributed by atoms with van der Waals surface area (Å²) in [6.45, 7) is 0.394. The van der Waals surface area contributed by atoms with Crippen LogP contribution in [0.5, 0.6) is 0 Å². The van der Waals surface area contributed by atoms with Crippen LogP contribution in [0.2, 0.25) is 15.1 Å². The molecule has 0 atom stereocenters. The van der Waals surface area contributed by atoms with E-state index in [1.807, 2.05) is 0 Å². The van der Waals surface area contributed by atoms with E-state index in [1.54, 1.807) is 12.1 Å². The van der Waals surface area contributed by atoms with E-state index >= 15 is 0 Å². The quantitative estimate of drug-likeness (QED) is 0.704. The van der Waals surface area contributed by atoms with Gasteiger partial charge in [0.15, 0.2) is 0 Å². The normalized spacial score (nSPS) is 10.9. The summed E-state index contributed by atoms with van der Waals surface area (Å²) in [5.41, 5.74) is 0. The molecular weight excluding hydrogens is 369 g/mol. The van der Waals surface area contributed by atoms with Crippen LogP contribution in [-0.4, -0.2) is 23.5 Å². The lowest BCUT2D eigenvalue weighted by atomic mass is 10.2. The first kappa shape index (κ1) is 17.3. The Labute approximate surface area is 146 Å². The number of benzene rings is 1. The number of halogens is 3. The highest BCUT2D eigenvalue weighted by atomic mass is 35.5. The van der Waals surface area contributed by atoms with E-state index in [1.165, 1.54) is 11.3 Å². The third kappa shape index (κ3) is 4.04. The van der Waals surface area contributed by atoms with Gasteiger partial charge in [-0.25, -0.2) is 0 Å². The fraction of sp³-hybridized carbons (Fsp3) is 0.286. The number of unbranched alkanes of at least 4 members (excludes halogenated alkanes) is 1. The Morgan fingerprint density at radius 3 is 2.59 bits per heavy atom. The van der Waals surface area contributed by atoms with Gasteiger partial charge in [0.2, 0.25) is 0 Å². The van der Waals surface area contributed by atoms with Crippen molar-refractivity contribution in [3.63, 3.8) is 0 Å². The number of hydrogen-bond donors (Lipinski definition) is 2. The van der Waals surface area contributed by atoms with Crippen molar-refractivity contribution in [1.29, 1.82) is 0 Å². The molecule has 1 aromatic carbocycles. The van der Waals surface area contributed by atoms with Crippen molar-refractivity contribution in [2.45, 2.75) is 19.3 Å². The van der Waals surface area contributed by atoms with Crippen LogP contribution in [0.4, 0.5) is 0 Å². The summed E-state index contributed by atoms with van der Waals surface area (Å²) in [5.74, 6) is -1.14. The van der Waals surface area contributed by atoms with E-state index in [9.17, 15) is 9.59 Å². The van der Waals surface area contributed by atoms with Crippen LogP contribution >= 0.6 is 46.1 Å². The number of nitrogens with one attached hydrogen (secondary N) is 1. The Balaban J connectivity index is 2.07. The maximum Gasteiger partial charge on any atom is 0.303 e. The zero-order chi connectivity index (χ0) is 16.3. The van der Waals surface area contributed by atoms with E-state index in [4.69, 9.17) is 39.9 Å². The molecule has 0 bridgehead atoms. The van der Waals surface area contributed by atoms with Gasteiger partial charge in [-0.15, -0.1) is 11.3 Å². The highest BCUT2D eigenvalue weighted by molar-refractivity contribution is 7.21. The molecule has 1 aromatic heterocycles.